The maximum atomic E-state index is 10.6. The van der Waals surface area contributed by atoms with Crippen molar-refractivity contribution in [2.75, 3.05) is 0 Å². The van der Waals surface area contributed by atoms with E-state index in [1.54, 1.807) is 6.92 Å². The van der Waals surface area contributed by atoms with Crippen molar-refractivity contribution in [3.8, 4) is 0 Å². The predicted molar refractivity (Wildman–Crippen MR) is 45.2 cm³/mol. The van der Waals surface area contributed by atoms with Crippen molar-refractivity contribution in [3.63, 3.8) is 0 Å². The zero-order valence-electron chi connectivity index (χ0n) is 7.08. The monoisotopic (exact) mass is 180 g/mol. The molecule has 11 heavy (non-hydrogen) atoms. The number of unbranched alkanes of at least 4 members (excludes halogenated alkanes) is 1. The van der Waals surface area contributed by atoms with Gasteiger partial charge in [-0.25, -0.2) is 0 Å². The highest BCUT2D eigenvalue weighted by Crippen LogP contribution is 2.11. The molecule has 0 aliphatic rings. The van der Waals surface area contributed by atoms with Gasteiger partial charge in [0.2, 0.25) is 0 Å². The molecule has 0 aromatic rings. The molecule has 1 unspecified atom stereocenters. The van der Waals surface area contributed by atoms with Gasteiger partial charge >= 0.3 is 0 Å². The summed E-state index contributed by atoms with van der Waals surface area (Å²) in [5.74, 6) is 0. The van der Waals surface area contributed by atoms with Crippen LogP contribution in [-0.2, 0) is 10.1 Å². The molecule has 0 saturated heterocycles. The Balaban J connectivity index is 3.97. The SMILES string of the molecule is CCCCC(CC)S(=O)(=O)O. The van der Waals surface area contributed by atoms with Gasteiger partial charge in [-0.05, 0) is 12.8 Å². The summed E-state index contributed by atoms with van der Waals surface area (Å²) < 4.78 is 29.9. The van der Waals surface area contributed by atoms with Crippen LogP contribution >= 0.6 is 0 Å². The summed E-state index contributed by atoms with van der Waals surface area (Å²) in [6, 6.07) is 0. The fraction of sp³-hybridized carbons (Fsp3) is 1.00. The Bertz CT molecular complexity index is 184. The van der Waals surface area contributed by atoms with Gasteiger partial charge in [0.25, 0.3) is 10.1 Å². The van der Waals surface area contributed by atoms with Gasteiger partial charge in [-0.1, -0.05) is 26.7 Å². The first-order chi connectivity index (χ1) is 5.02. The van der Waals surface area contributed by atoms with E-state index in [2.05, 4.69) is 0 Å². The molecule has 0 saturated carbocycles. The second-order valence-corrected chi connectivity index (χ2v) is 4.38. The van der Waals surface area contributed by atoms with Crippen LogP contribution in [0.2, 0.25) is 0 Å². The lowest BCUT2D eigenvalue weighted by atomic mass is 10.2. The summed E-state index contributed by atoms with van der Waals surface area (Å²) in [5.41, 5.74) is 0. The first kappa shape index (κ1) is 10.9. The van der Waals surface area contributed by atoms with E-state index < -0.39 is 15.4 Å². The van der Waals surface area contributed by atoms with E-state index in [4.69, 9.17) is 4.55 Å². The lowest BCUT2D eigenvalue weighted by Crippen LogP contribution is -2.19. The molecule has 0 amide bonds. The third-order valence-corrected chi connectivity index (χ3v) is 3.17. The van der Waals surface area contributed by atoms with Crippen molar-refractivity contribution in [3.05, 3.63) is 0 Å². The Kier molecular flexibility index (Phi) is 4.68. The van der Waals surface area contributed by atoms with Crippen LogP contribution in [-0.4, -0.2) is 18.2 Å². The molecule has 3 nitrogen and oxygen atoms in total. The van der Waals surface area contributed by atoms with Crippen LogP contribution in [0.5, 0.6) is 0 Å². The van der Waals surface area contributed by atoms with Crippen LogP contribution in [0.25, 0.3) is 0 Å². The molecule has 0 radical (unpaired) electrons. The second-order valence-electron chi connectivity index (χ2n) is 2.69. The molecule has 0 spiro atoms. The van der Waals surface area contributed by atoms with Crippen molar-refractivity contribution < 1.29 is 13.0 Å². The Hall–Kier alpha value is -0.0900. The van der Waals surface area contributed by atoms with Gasteiger partial charge in [-0.2, -0.15) is 8.42 Å². The smallest absolute Gasteiger partial charge is 0.267 e. The lowest BCUT2D eigenvalue weighted by Gasteiger charge is -2.09. The fourth-order valence-electron chi connectivity index (χ4n) is 0.995. The number of hydrogen-bond donors (Lipinski definition) is 1. The van der Waals surface area contributed by atoms with E-state index in [-0.39, 0.29) is 0 Å². The van der Waals surface area contributed by atoms with Crippen LogP contribution in [0.4, 0.5) is 0 Å². The second kappa shape index (κ2) is 4.72. The average Bonchev–Trinajstić information content (AvgIpc) is 1.87. The average molecular weight is 180 g/mol. The molecular weight excluding hydrogens is 164 g/mol. The van der Waals surface area contributed by atoms with Gasteiger partial charge in [-0.3, -0.25) is 4.55 Å². The first-order valence-corrected chi connectivity index (χ1v) is 5.49. The minimum Gasteiger partial charge on any atom is -0.285 e. The highest BCUT2D eigenvalue weighted by molar-refractivity contribution is 7.86. The van der Waals surface area contributed by atoms with Gasteiger partial charge in [0.15, 0.2) is 0 Å². The molecule has 4 heteroatoms. The number of rotatable bonds is 5. The maximum absolute atomic E-state index is 10.6. The van der Waals surface area contributed by atoms with E-state index in [1.807, 2.05) is 6.92 Å². The van der Waals surface area contributed by atoms with Crippen molar-refractivity contribution in [1.82, 2.24) is 0 Å². The minimum atomic E-state index is -3.79. The molecule has 68 valence electrons. The highest BCUT2D eigenvalue weighted by atomic mass is 32.2. The van der Waals surface area contributed by atoms with E-state index in [9.17, 15) is 8.42 Å². The van der Waals surface area contributed by atoms with Gasteiger partial charge in [0, 0.05) is 0 Å². The van der Waals surface area contributed by atoms with Gasteiger partial charge in [0.1, 0.15) is 0 Å². The van der Waals surface area contributed by atoms with E-state index in [0.717, 1.165) is 12.8 Å². The Morgan fingerprint density at radius 3 is 2.18 bits per heavy atom. The minimum absolute atomic E-state index is 0.499. The molecule has 0 aliphatic heterocycles. The quantitative estimate of drug-likeness (QED) is 0.657. The molecule has 0 bridgehead atoms. The molecule has 0 heterocycles. The largest absolute Gasteiger partial charge is 0.285 e. The summed E-state index contributed by atoms with van der Waals surface area (Å²) in [6.45, 7) is 3.77. The zero-order valence-corrected chi connectivity index (χ0v) is 7.89. The Morgan fingerprint density at radius 2 is 1.91 bits per heavy atom. The normalized spacial score (nSPS) is 14.8. The van der Waals surface area contributed by atoms with Crippen LogP contribution in [0, 0.1) is 0 Å². The molecule has 0 aromatic carbocycles. The molecule has 1 N–H and O–H groups in total. The van der Waals surface area contributed by atoms with Crippen LogP contribution in [0.1, 0.15) is 39.5 Å². The third kappa shape index (κ3) is 4.37. The van der Waals surface area contributed by atoms with Gasteiger partial charge in [-0.15, -0.1) is 0 Å². The van der Waals surface area contributed by atoms with Crippen LogP contribution in [0.15, 0.2) is 0 Å². The van der Waals surface area contributed by atoms with Crippen LogP contribution in [0.3, 0.4) is 0 Å². The topological polar surface area (TPSA) is 54.4 Å². The summed E-state index contributed by atoms with van der Waals surface area (Å²) in [6.07, 6.45) is 2.90. The van der Waals surface area contributed by atoms with Crippen molar-refractivity contribution in [2.24, 2.45) is 0 Å². The van der Waals surface area contributed by atoms with E-state index in [1.165, 1.54) is 0 Å². The molecule has 0 fully saturated rings. The summed E-state index contributed by atoms with van der Waals surface area (Å²) in [7, 11) is -3.79. The summed E-state index contributed by atoms with van der Waals surface area (Å²) >= 11 is 0. The van der Waals surface area contributed by atoms with Crippen molar-refractivity contribution in [1.29, 1.82) is 0 Å². The van der Waals surface area contributed by atoms with E-state index >= 15 is 0 Å². The molecule has 0 aliphatic carbocycles. The predicted octanol–water partition coefficient (Wildman–Crippen LogP) is 1.84. The van der Waals surface area contributed by atoms with Crippen LogP contribution < -0.4 is 0 Å². The molecular formula is C7H16O3S. The zero-order chi connectivity index (χ0) is 8.91. The Labute approximate surface area is 68.6 Å². The summed E-state index contributed by atoms with van der Waals surface area (Å²) in [5, 5.41) is -0.553. The van der Waals surface area contributed by atoms with Gasteiger partial charge in [0.05, 0.1) is 5.25 Å². The fourth-order valence-corrected chi connectivity index (χ4v) is 1.88. The standard InChI is InChI=1S/C7H16O3S/c1-3-5-6-7(4-2)11(8,9)10/h7H,3-6H2,1-2H3,(H,8,9,10). The first-order valence-electron chi connectivity index (χ1n) is 3.98. The molecule has 1 atom stereocenters. The summed E-state index contributed by atoms with van der Waals surface area (Å²) in [4.78, 5) is 0. The molecule has 0 aromatic heterocycles. The van der Waals surface area contributed by atoms with Crippen molar-refractivity contribution >= 4 is 10.1 Å². The van der Waals surface area contributed by atoms with Crippen molar-refractivity contribution in [2.45, 2.75) is 44.8 Å². The Morgan fingerprint density at radius 1 is 1.36 bits per heavy atom. The highest BCUT2D eigenvalue weighted by Gasteiger charge is 2.19. The number of hydrogen-bond acceptors (Lipinski definition) is 2. The molecule has 0 rings (SSSR count). The lowest BCUT2D eigenvalue weighted by molar-refractivity contribution is 0.456. The van der Waals surface area contributed by atoms with E-state index in [0.29, 0.717) is 12.8 Å². The van der Waals surface area contributed by atoms with Gasteiger partial charge < -0.3 is 0 Å². The third-order valence-electron chi connectivity index (χ3n) is 1.76. The maximum Gasteiger partial charge on any atom is 0.267 e.